The van der Waals surface area contributed by atoms with Crippen LogP contribution in [0.4, 0.5) is 17.1 Å². The van der Waals surface area contributed by atoms with Crippen molar-refractivity contribution in [3.05, 3.63) is 170 Å². The Morgan fingerprint density at radius 3 is 2.00 bits per heavy atom. The molecule has 0 unspecified atom stereocenters. The van der Waals surface area contributed by atoms with Crippen molar-refractivity contribution in [2.75, 3.05) is 4.90 Å². The average molecular weight is 608 g/mol. The fourth-order valence-corrected chi connectivity index (χ4v) is 7.08. The summed E-state index contributed by atoms with van der Waals surface area (Å²) < 4.78 is 71.7. The molecule has 0 aliphatic rings. The van der Waals surface area contributed by atoms with Gasteiger partial charge in [-0.2, -0.15) is 0 Å². The van der Waals surface area contributed by atoms with E-state index in [9.17, 15) is 2.74 Å². The zero-order valence-corrected chi connectivity index (χ0v) is 24.9. The first kappa shape index (κ1) is 19.9. The molecule has 0 saturated carbocycles. The molecule has 0 spiro atoms. The van der Waals surface area contributed by atoms with Crippen LogP contribution in [0.2, 0.25) is 0 Å². The molecular formula is C44H28N2O. The van der Waals surface area contributed by atoms with Gasteiger partial charge < -0.3 is 13.9 Å². The number of hydrogen-bond acceptors (Lipinski definition) is 2. The molecule has 0 N–H and O–H groups in total. The smallest absolute Gasteiger partial charge is 0.143 e. The van der Waals surface area contributed by atoms with Crippen LogP contribution in [0.3, 0.4) is 0 Å². The number of anilines is 3. The van der Waals surface area contributed by atoms with Gasteiger partial charge in [-0.1, -0.05) is 121 Å². The first-order chi connectivity index (χ1) is 26.3. The molecule has 0 fully saturated rings. The van der Waals surface area contributed by atoms with Gasteiger partial charge in [0.1, 0.15) is 11.2 Å². The third-order valence-corrected chi connectivity index (χ3v) is 9.07. The summed E-state index contributed by atoms with van der Waals surface area (Å²) in [6, 6.07) is 38.7. The lowest BCUT2D eigenvalue weighted by Crippen LogP contribution is -2.14. The van der Waals surface area contributed by atoms with Crippen molar-refractivity contribution in [1.29, 1.82) is 0 Å². The first-order valence-electron chi connectivity index (χ1n) is 19.0. The lowest BCUT2D eigenvalue weighted by Gasteiger charge is -2.30. The molecule has 8 aromatic carbocycles. The van der Waals surface area contributed by atoms with E-state index < -0.39 is 36.3 Å². The van der Waals surface area contributed by atoms with Gasteiger partial charge in [-0.05, 0) is 59.3 Å². The SMILES string of the molecule is [2H]c1c([2H])c([2H])c2c(N(c3ccccc3-n3c4ccccc4c4ccccc43)c3cccc4oc5c6ccccc6ccc5c34)c([2H])c([2H])c([2H])c2c1[2H]. The zero-order valence-electron chi connectivity index (χ0n) is 31.9. The van der Waals surface area contributed by atoms with E-state index in [-0.39, 0.29) is 22.5 Å². The molecule has 0 bridgehead atoms. The van der Waals surface area contributed by atoms with Crippen molar-refractivity contribution in [1.82, 2.24) is 4.57 Å². The molecule has 0 aliphatic carbocycles. The fourth-order valence-electron chi connectivity index (χ4n) is 7.08. The van der Waals surface area contributed by atoms with Crippen molar-refractivity contribution in [3.63, 3.8) is 0 Å². The second-order valence-electron chi connectivity index (χ2n) is 11.6. The molecule has 2 aromatic heterocycles. The van der Waals surface area contributed by atoms with Crippen molar-refractivity contribution in [2.24, 2.45) is 0 Å². The minimum absolute atomic E-state index is 0.0146. The Bertz CT molecular complexity index is 3160. The molecule has 2 heterocycles. The van der Waals surface area contributed by atoms with Gasteiger partial charge in [0, 0.05) is 26.9 Å². The number of nitrogens with zero attached hydrogens (tertiary/aromatic N) is 2. The van der Waals surface area contributed by atoms with Crippen LogP contribution in [-0.4, -0.2) is 4.57 Å². The maximum atomic E-state index is 9.56. The monoisotopic (exact) mass is 607 g/mol. The van der Waals surface area contributed by atoms with Crippen LogP contribution in [0.15, 0.2) is 174 Å². The molecule has 0 radical (unpaired) electrons. The van der Waals surface area contributed by atoms with Crippen LogP contribution in [0.25, 0.3) is 71.0 Å². The lowest BCUT2D eigenvalue weighted by molar-refractivity contribution is 0.672. The summed E-state index contributed by atoms with van der Waals surface area (Å²) >= 11 is 0. The molecule has 3 heteroatoms. The molecule has 0 aliphatic heterocycles. The van der Waals surface area contributed by atoms with E-state index in [1.165, 1.54) is 0 Å². The summed E-state index contributed by atoms with van der Waals surface area (Å²) in [5.74, 6) is 0. The number of hydrogen-bond donors (Lipinski definition) is 0. The highest BCUT2D eigenvalue weighted by atomic mass is 16.3. The minimum atomic E-state index is -0.504. The molecule has 47 heavy (non-hydrogen) atoms. The Labute approximate surface area is 281 Å². The summed E-state index contributed by atoms with van der Waals surface area (Å²) in [4.78, 5) is 1.83. The van der Waals surface area contributed by atoms with E-state index in [0.717, 1.165) is 49.0 Å². The number of fused-ring (bicyclic) bond motifs is 9. The number of rotatable bonds is 4. The summed E-state index contributed by atoms with van der Waals surface area (Å²) in [5, 5.41) is 5.46. The molecule has 220 valence electrons. The van der Waals surface area contributed by atoms with E-state index in [1.807, 2.05) is 108 Å². The van der Waals surface area contributed by atoms with Gasteiger partial charge in [0.2, 0.25) is 0 Å². The first-order valence-corrected chi connectivity index (χ1v) is 15.5. The molecule has 10 rings (SSSR count). The molecule has 10 aromatic rings. The van der Waals surface area contributed by atoms with E-state index in [0.29, 0.717) is 22.5 Å². The molecule has 3 nitrogen and oxygen atoms in total. The molecular weight excluding hydrogens is 572 g/mol. The standard InChI is InChI=1S/C44H28N2O/c1-3-16-31-29(13-1)15-11-24-36(31)46(41-25-12-26-42-43(41)35-28-27-30-14-2-4-17-32(30)44(35)47-42)40-23-10-9-22-39(40)45-37-20-7-5-18-33(37)34-19-6-8-21-38(34)45/h1-28H/i1D,3D,11D,13D,15D,16D,24D. The van der Waals surface area contributed by atoms with Gasteiger partial charge in [-0.3, -0.25) is 0 Å². The van der Waals surface area contributed by atoms with Crippen molar-refractivity contribution in [3.8, 4) is 5.69 Å². The van der Waals surface area contributed by atoms with E-state index in [1.54, 1.807) is 0 Å². The summed E-state index contributed by atoms with van der Waals surface area (Å²) in [6.45, 7) is 0. The number of benzene rings is 8. The summed E-state index contributed by atoms with van der Waals surface area (Å²) in [7, 11) is 0. The summed E-state index contributed by atoms with van der Waals surface area (Å²) in [6.07, 6.45) is 0. The number of para-hydroxylation sites is 4. The van der Waals surface area contributed by atoms with E-state index >= 15 is 0 Å². The Morgan fingerprint density at radius 2 is 1.15 bits per heavy atom. The van der Waals surface area contributed by atoms with Gasteiger partial charge in [0.25, 0.3) is 0 Å². The second kappa shape index (κ2) is 10.1. The van der Waals surface area contributed by atoms with Crippen molar-refractivity contribution < 1.29 is 14.0 Å². The normalized spacial score (nSPS) is 13.9. The fraction of sp³-hybridized carbons (Fsp3) is 0. The Hall–Kier alpha value is -6.32. The van der Waals surface area contributed by atoms with Gasteiger partial charge >= 0.3 is 0 Å². The van der Waals surface area contributed by atoms with Crippen molar-refractivity contribution in [2.45, 2.75) is 0 Å². The van der Waals surface area contributed by atoms with Crippen LogP contribution >= 0.6 is 0 Å². The second-order valence-corrected chi connectivity index (χ2v) is 11.6. The third-order valence-electron chi connectivity index (χ3n) is 9.07. The maximum Gasteiger partial charge on any atom is 0.143 e. The van der Waals surface area contributed by atoms with Gasteiger partial charge in [-0.25, -0.2) is 0 Å². The Morgan fingerprint density at radius 1 is 0.468 bits per heavy atom. The largest absolute Gasteiger partial charge is 0.455 e. The van der Waals surface area contributed by atoms with Crippen LogP contribution in [0.1, 0.15) is 9.60 Å². The molecule has 0 atom stereocenters. The van der Waals surface area contributed by atoms with Crippen LogP contribution in [-0.2, 0) is 0 Å². The summed E-state index contributed by atoms with van der Waals surface area (Å²) in [5.41, 5.74) is 5.13. The van der Waals surface area contributed by atoms with Crippen molar-refractivity contribution >= 4 is 82.4 Å². The van der Waals surface area contributed by atoms with Crippen LogP contribution in [0, 0.1) is 0 Å². The molecule has 0 amide bonds. The van der Waals surface area contributed by atoms with E-state index in [2.05, 4.69) is 28.8 Å². The number of furan rings is 1. The Balaban J connectivity index is 1.42. The average Bonchev–Trinajstić information content (AvgIpc) is 3.76. The van der Waals surface area contributed by atoms with Gasteiger partial charge in [0.05, 0.1) is 48.8 Å². The quantitative estimate of drug-likeness (QED) is 0.198. The van der Waals surface area contributed by atoms with Crippen LogP contribution in [0.5, 0.6) is 0 Å². The lowest BCUT2D eigenvalue weighted by atomic mass is 10.0. The zero-order chi connectivity index (χ0) is 37.0. The maximum absolute atomic E-state index is 9.56. The van der Waals surface area contributed by atoms with Gasteiger partial charge in [-0.15, -0.1) is 0 Å². The third kappa shape index (κ3) is 3.81. The highest BCUT2D eigenvalue weighted by Gasteiger charge is 2.25. The predicted octanol–water partition coefficient (Wildman–Crippen LogP) is 12.5. The molecule has 0 saturated heterocycles. The highest BCUT2D eigenvalue weighted by Crippen LogP contribution is 2.48. The van der Waals surface area contributed by atoms with Gasteiger partial charge in [0.15, 0.2) is 0 Å². The topological polar surface area (TPSA) is 21.3 Å². The highest BCUT2D eigenvalue weighted by molar-refractivity contribution is 6.20. The van der Waals surface area contributed by atoms with Crippen LogP contribution < -0.4 is 4.90 Å². The van der Waals surface area contributed by atoms with E-state index in [4.69, 9.17) is 11.3 Å². The predicted molar refractivity (Wildman–Crippen MR) is 198 cm³/mol. The Kier molecular flexibility index (Phi) is 4.28. The number of aromatic nitrogens is 1. The minimum Gasteiger partial charge on any atom is -0.455 e.